The maximum absolute atomic E-state index is 12.6. The van der Waals surface area contributed by atoms with Crippen LogP contribution < -0.4 is 5.32 Å². The van der Waals surface area contributed by atoms with Crippen LogP contribution in [0.25, 0.3) is 0 Å². The molecule has 7 nitrogen and oxygen atoms in total. The summed E-state index contributed by atoms with van der Waals surface area (Å²) in [5.74, 6) is -0.460. The zero-order chi connectivity index (χ0) is 15.6. The second-order valence-corrected chi connectivity index (χ2v) is 6.07. The SMILES string of the molecule is CC1CCN(C(=O)N2CCNC(=O)C2CC(=O)O)CC1C. The Kier molecular flexibility index (Phi) is 4.69. The number of carbonyl (C=O) groups excluding carboxylic acids is 2. The van der Waals surface area contributed by atoms with E-state index in [2.05, 4.69) is 19.2 Å². The number of carboxylic acids is 1. The minimum Gasteiger partial charge on any atom is -0.481 e. The predicted molar refractivity (Wildman–Crippen MR) is 75.7 cm³/mol. The normalized spacial score (nSPS) is 30.0. The number of urea groups is 1. The van der Waals surface area contributed by atoms with Crippen LogP contribution in [0.4, 0.5) is 4.79 Å². The van der Waals surface area contributed by atoms with E-state index in [1.807, 2.05) is 0 Å². The van der Waals surface area contributed by atoms with Gasteiger partial charge in [0.05, 0.1) is 6.42 Å². The third kappa shape index (κ3) is 3.46. The molecule has 3 unspecified atom stereocenters. The first kappa shape index (κ1) is 15.6. The molecule has 2 heterocycles. The molecule has 7 heteroatoms. The fourth-order valence-electron chi connectivity index (χ4n) is 2.93. The van der Waals surface area contributed by atoms with E-state index >= 15 is 0 Å². The number of piperidine rings is 1. The molecule has 0 aliphatic carbocycles. The molecule has 2 N–H and O–H groups in total. The first-order valence-electron chi connectivity index (χ1n) is 7.45. The Morgan fingerprint density at radius 2 is 2.00 bits per heavy atom. The van der Waals surface area contributed by atoms with Gasteiger partial charge >= 0.3 is 12.0 Å². The molecule has 2 aliphatic rings. The van der Waals surface area contributed by atoms with Crippen LogP contribution in [-0.2, 0) is 9.59 Å². The van der Waals surface area contributed by atoms with Gasteiger partial charge < -0.3 is 20.2 Å². The number of nitrogens with zero attached hydrogens (tertiary/aromatic N) is 2. The van der Waals surface area contributed by atoms with Crippen molar-refractivity contribution in [2.24, 2.45) is 11.8 Å². The molecule has 0 aromatic rings. The number of hydrogen-bond donors (Lipinski definition) is 2. The van der Waals surface area contributed by atoms with Gasteiger partial charge in [0.15, 0.2) is 0 Å². The number of amides is 3. The summed E-state index contributed by atoms with van der Waals surface area (Å²) in [7, 11) is 0. The van der Waals surface area contributed by atoms with Crippen LogP contribution >= 0.6 is 0 Å². The summed E-state index contributed by atoms with van der Waals surface area (Å²) in [5.41, 5.74) is 0. The highest BCUT2D eigenvalue weighted by Crippen LogP contribution is 2.24. The summed E-state index contributed by atoms with van der Waals surface area (Å²) in [4.78, 5) is 38.6. The number of hydrogen-bond acceptors (Lipinski definition) is 3. The monoisotopic (exact) mass is 297 g/mol. The van der Waals surface area contributed by atoms with Crippen LogP contribution in [0.5, 0.6) is 0 Å². The molecule has 0 aromatic heterocycles. The Hall–Kier alpha value is -1.79. The average molecular weight is 297 g/mol. The van der Waals surface area contributed by atoms with Crippen molar-refractivity contribution in [1.29, 1.82) is 0 Å². The number of piperazine rings is 1. The average Bonchev–Trinajstić information content (AvgIpc) is 2.43. The lowest BCUT2D eigenvalue weighted by Crippen LogP contribution is -2.61. The lowest BCUT2D eigenvalue weighted by molar-refractivity contribution is -0.142. The molecule has 0 bridgehead atoms. The number of carbonyl (C=O) groups is 3. The summed E-state index contributed by atoms with van der Waals surface area (Å²) in [6.07, 6.45) is 0.591. The van der Waals surface area contributed by atoms with Gasteiger partial charge in [-0.15, -0.1) is 0 Å². The minimum atomic E-state index is -1.07. The van der Waals surface area contributed by atoms with Crippen LogP contribution in [0.15, 0.2) is 0 Å². The molecule has 2 saturated heterocycles. The lowest BCUT2D eigenvalue weighted by atomic mass is 9.89. The molecule has 118 valence electrons. The van der Waals surface area contributed by atoms with Crippen molar-refractivity contribution in [3.05, 3.63) is 0 Å². The number of nitrogens with one attached hydrogen (secondary N) is 1. The largest absolute Gasteiger partial charge is 0.481 e. The van der Waals surface area contributed by atoms with Crippen molar-refractivity contribution in [2.75, 3.05) is 26.2 Å². The molecule has 0 aromatic carbocycles. The highest BCUT2D eigenvalue weighted by atomic mass is 16.4. The molecule has 3 amide bonds. The third-order valence-electron chi connectivity index (χ3n) is 4.55. The Labute approximate surface area is 124 Å². The number of aliphatic carboxylic acids is 1. The topological polar surface area (TPSA) is 90.0 Å². The van der Waals surface area contributed by atoms with Gasteiger partial charge in [0.1, 0.15) is 6.04 Å². The minimum absolute atomic E-state index is 0.213. The quantitative estimate of drug-likeness (QED) is 0.770. The Morgan fingerprint density at radius 3 is 2.62 bits per heavy atom. The fraction of sp³-hybridized carbons (Fsp3) is 0.786. The standard InChI is InChI=1S/C14H23N3O4/c1-9-3-5-16(8-10(9)2)14(21)17-6-4-15-13(20)11(17)7-12(18)19/h9-11H,3-8H2,1-2H3,(H,15,20)(H,18,19). The molecule has 0 radical (unpaired) electrons. The van der Waals surface area contributed by atoms with Gasteiger partial charge in [0.2, 0.25) is 5.91 Å². The van der Waals surface area contributed by atoms with Gasteiger partial charge in [-0.05, 0) is 18.3 Å². The zero-order valence-corrected chi connectivity index (χ0v) is 12.5. The number of carboxylic acid groups (broad SMARTS) is 1. The second-order valence-electron chi connectivity index (χ2n) is 6.07. The van der Waals surface area contributed by atoms with Gasteiger partial charge in [0, 0.05) is 26.2 Å². The smallest absolute Gasteiger partial charge is 0.320 e. The van der Waals surface area contributed by atoms with Crippen molar-refractivity contribution in [2.45, 2.75) is 32.7 Å². The first-order chi connectivity index (χ1) is 9.90. The molecule has 2 fully saturated rings. The van der Waals surface area contributed by atoms with Gasteiger partial charge in [-0.25, -0.2) is 4.79 Å². The van der Waals surface area contributed by atoms with Gasteiger partial charge in [-0.1, -0.05) is 13.8 Å². The van der Waals surface area contributed by atoms with Crippen molar-refractivity contribution in [3.8, 4) is 0 Å². The fourth-order valence-corrected chi connectivity index (χ4v) is 2.93. The maximum Gasteiger partial charge on any atom is 0.320 e. The summed E-state index contributed by atoms with van der Waals surface area (Å²) < 4.78 is 0. The maximum atomic E-state index is 12.6. The van der Waals surface area contributed by atoms with Crippen molar-refractivity contribution < 1.29 is 19.5 Å². The highest BCUT2D eigenvalue weighted by molar-refractivity contribution is 5.91. The summed E-state index contributed by atoms with van der Waals surface area (Å²) in [6.45, 7) is 6.36. The molecule has 0 spiro atoms. The molecule has 0 saturated carbocycles. The van der Waals surface area contributed by atoms with E-state index in [9.17, 15) is 14.4 Å². The Morgan fingerprint density at radius 1 is 1.29 bits per heavy atom. The highest BCUT2D eigenvalue weighted by Gasteiger charge is 2.38. The van der Waals surface area contributed by atoms with Crippen molar-refractivity contribution >= 4 is 17.9 Å². The molecule has 2 rings (SSSR count). The molecular formula is C14H23N3O4. The summed E-state index contributed by atoms with van der Waals surface area (Å²) in [5, 5.41) is 11.6. The van der Waals surface area contributed by atoms with E-state index in [1.165, 1.54) is 4.90 Å². The van der Waals surface area contributed by atoms with Crippen LogP contribution in [0, 0.1) is 11.8 Å². The van der Waals surface area contributed by atoms with E-state index in [-0.39, 0.29) is 18.4 Å². The Balaban J connectivity index is 2.08. The lowest BCUT2D eigenvalue weighted by Gasteiger charge is -2.41. The Bertz CT molecular complexity index is 440. The number of rotatable bonds is 2. The second kappa shape index (κ2) is 6.32. The first-order valence-corrected chi connectivity index (χ1v) is 7.45. The van der Waals surface area contributed by atoms with Crippen LogP contribution in [-0.4, -0.2) is 65.0 Å². The van der Waals surface area contributed by atoms with E-state index in [0.717, 1.165) is 6.42 Å². The van der Waals surface area contributed by atoms with Gasteiger partial charge in [-0.2, -0.15) is 0 Å². The summed E-state index contributed by atoms with van der Waals surface area (Å²) >= 11 is 0. The molecular weight excluding hydrogens is 274 g/mol. The molecule has 3 atom stereocenters. The predicted octanol–water partition coefficient (Wildman–Crippen LogP) is 0.359. The van der Waals surface area contributed by atoms with E-state index in [0.29, 0.717) is 38.0 Å². The van der Waals surface area contributed by atoms with E-state index in [4.69, 9.17) is 5.11 Å². The van der Waals surface area contributed by atoms with E-state index in [1.54, 1.807) is 4.90 Å². The van der Waals surface area contributed by atoms with Crippen molar-refractivity contribution in [3.63, 3.8) is 0 Å². The van der Waals surface area contributed by atoms with E-state index < -0.39 is 12.0 Å². The zero-order valence-electron chi connectivity index (χ0n) is 12.5. The summed E-state index contributed by atoms with van der Waals surface area (Å²) in [6, 6.07) is -1.12. The molecule has 2 aliphatic heterocycles. The van der Waals surface area contributed by atoms with Crippen LogP contribution in [0.2, 0.25) is 0 Å². The number of likely N-dealkylation sites (tertiary alicyclic amines) is 1. The molecule has 21 heavy (non-hydrogen) atoms. The van der Waals surface area contributed by atoms with Crippen LogP contribution in [0.3, 0.4) is 0 Å². The van der Waals surface area contributed by atoms with Gasteiger partial charge in [0.25, 0.3) is 0 Å². The third-order valence-corrected chi connectivity index (χ3v) is 4.55. The van der Waals surface area contributed by atoms with Crippen LogP contribution in [0.1, 0.15) is 26.7 Å². The van der Waals surface area contributed by atoms with Gasteiger partial charge in [-0.3, -0.25) is 9.59 Å². The van der Waals surface area contributed by atoms with Crippen molar-refractivity contribution in [1.82, 2.24) is 15.1 Å².